The molecule has 0 spiro atoms. The zero-order valence-corrected chi connectivity index (χ0v) is 63.5. The van der Waals surface area contributed by atoms with Crippen molar-refractivity contribution in [1.82, 2.24) is 5.32 Å². The molecule has 3 aliphatic rings. The lowest BCUT2D eigenvalue weighted by atomic mass is 9.96. The number of amides is 1. The monoisotopic (exact) mass is 1460 g/mol. The smallest absolute Gasteiger partial charge is 0.220 e. The number of aliphatic hydroxyl groups is 11. The van der Waals surface area contributed by atoms with Gasteiger partial charge in [-0.05, 0) is 83.5 Å². The van der Waals surface area contributed by atoms with Gasteiger partial charge < -0.3 is 89.9 Å². The molecule has 1 amide bonds. The van der Waals surface area contributed by atoms with Crippen molar-refractivity contribution in [3.05, 3.63) is 109 Å². The van der Waals surface area contributed by atoms with Crippen LogP contribution in [0.5, 0.6) is 0 Å². The standard InChI is InChI=1S/C84H145NO18/c1-3-5-7-9-11-13-15-17-19-21-23-25-27-29-31-32-33-34-36-38-40-42-44-46-48-50-52-54-56-58-60-62-72(90)85-67(68(89)61-59-57-55-53-51-49-47-45-43-41-39-37-35-30-28-26-24-22-20-18-16-14-12-10-8-6-4-2)66-98-82-78(96)75(93)80(70(64-87)100-82)103-84-79(97)76(94)81(71(65-88)101-84)102-83-77(95)74(92)73(91)69(63-86)99-83/h5,7,11,13,17,19,23,25,29,31,33-34,38,40,44,46,50,52,67-71,73-84,86-89,91-97H,3-4,6,8-10,12,14-16,18,20-22,24,26-28,30,32,35-37,39,41-43,45,47-49,51,53-66H2,1-2H3,(H,85,90)/b7-5-,13-11-,19-17-,25-23-,31-29-,34-33-,40-38-,46-44-,52-50-. The average molecular weight is 1460 g/mol. The Kier molecular flexibility index (Phi) is 57.6. The van der Waals surface area contributed by atoms with Crippen molar-refractivity contribution in [1.29, 1.82) is 0 Å². The predicted octanol–water partition coefficient (Wildman–Crippen LogP) is 13.7. The molecule has 3 heterocycles. The Labute approximate surface area is 621 Å². The lowest BCUT2D eigenvalue weighted by Gasteiger charge is -2.48. The minimum atomic E-state index is -1.98. The highest BCUT2D eigenvalue weighted by Crippen LogP contribution is 2.33. The summed E-state index contributed by atoms with van der Waals surface area (Å²) in [5, 5.41) is 121. The van der Waals surface area contributed by atoms with Gasteiger partial charge in [0.05, 0.1) is 38.6 Å². The Morgan fingerprint density at radius 3 is 1.04 bits per heavy atom. The third-order valence-electron chi connectivity index (χ3n) is 19.6. The molecular formula is C84H145NO18. The van der Waals surface area contributed by atoms with E-state index in [1.54, 1.807) is 0 Å². The zero-order chi connectivity index (χ0) is 74.6. The van der Waals surface area contributed by atoms with E-state index >= 15 is 0 Å². The predicted molar refractivity (Wildman–Crippen MR) is 410 cm³/mol. The summed E-state index contributed by atoms with van der Waals surface area (Å²) in [5.41, 5.74) is 0. The highest BCUT2D eigenvalue weighted by Gasteiger charge is 2.54. The second-order valence-corrected chi connectivity index (χ2v) is 28.5. The van der Waals surface area contributed by atoms with E-state index in [0.29, 0.717) is 19.3 Å². The Morgan fingerprint density at radius 1 is 0.359 bits per heavy atom. The van der Waals surface area contributed by atoms with Crippen LogP contribution in [0.1, 0.15) is 284 Å². The molecule has 103 heavy (non-hydrogen) atoms. The molecular weight excluding hydrogens is 1310 g/mol. The van der Waals surface area contributed by atoms with E-state index in [0.717, 1.165) is 96.3 Å². The molecule has 17 atom stereocenters. The number of rotatable bonds is 63. The molecule has 0 bridgehead atoms. The van der Waals surface area contributed by atoms with Crippen LogP contribution in [-0.4, -0.2) is 193 Å². The summed E-state index contributed by atoms with van der Waals surface area (Å²) >= 11 is 0. The SMILES string of the molecule is CC/C=C\C/C=C\C/C=C\C/C=C\C/C=C\C/C=C\C/C=C\C/C=C\C/C=C\CCCCCC(=O)NC(COC1OC(CO)C(OC2OC(CO)C(OC3OC(CO)C(O)C(O)C3O)C(O)C2O)C(O)C1O)C(O)CCCCCCCCCCCCCCCCCCCCCCCCCCCCC. The van der Waals surface area contributed by atoms with E-state index in [1.165, 1.54) is 148 Å². The van der Waals surface area contributed by atoms with Crippen LogP contribution in [0.4, 0.5) is 0 Å². The van der Waals surface area contributed by atoms with Gasteiger partial charge in [-0.2, -0.15) is 0 Å². The van der Waals surface area contributed by atoms with Crippen molar-refractivity contribution in [2.75, 3.05) is 26.4 Å². The van der Waals surface area contributed by atoms with Gasteiger partial charge in [-0.15, -0.1) is 0 Å². The minimum Gasteiger partial charge on any atom is -0.394 e. The molecule has 0 saturated carbocycles. The van der Waals surface area contributed by atoms with Crippen LogP contribution >= 0.6 is 0 Å². The number of carbonyl (C=O) groups excluding carboxylic acids is 1. The molecule has 19 nitrogen and oxygen atoms in total. The summed E-state index contributed by atoms with van der Waals surface area (Å²) in [6.07, 6.45) is 60.2. The molecule has 0 radical (unpaired) electrons. The highest BCUT2D eigenvalue weighted by atomic mass is 16.8. The fourth-order valence-electron chi connectivity index (χ4n) is 13.1. The van der Waals surface area contributed by atoms with Crippen LogP contribution in [0.15, 0.2) is 109 Å². The normalized spacial score (nSPS) is 26.6. The molecule has 3 aliphatic heterocycles. The molecule has 19 heteroatoms. The molecule has 0 aromatic heterocycles. The summed E-state index contributed by atoms with van der Waals surface area (Å²) in [5.74, 6) is -0.276. The number of ether oxygens (including phenoxy) is 6. The molecule has 12 N–H and O–H groups in total. The van der Waals surface area contributed by atoms with E-state index in [-0.39, 0.29) is 18.9 Å². The first-order valence-corrected chi connectivity index (χ1v) is 40.6. The Bertz CT molecular complexity index is 2290. The minimum absolute atomic E-state index is 0.220. The Balaban J connectivity index is 1.39. The van der Waals surface area contributed by atoms with Gasteiger partial charge in [-0.3, -0.25) is 4.79 Å². The molecule has 3 fully saturated rings. The quantitative estimate of drug-likeness (QED) is 0.0199. The largest absolute Gasteiger partial charge is 0.394 e. The van der Waals surface area contributed by atoms with Crippen molar-refractivity contribution < 1.29 is 89.4 Å². The summed E-state index contributed by atoms with van der Waals surface area (Å²) in [6, 6.07) is -0.916. The van der Waals surface area contributed by atoms with Crippen molar-refractivity contribution >= 4 is 5.91 Å². The van der Waals surface area contributed by atoms with Crippen LogP contribution in [0.2, 0.25) is 0 Å². The molecule has 0 aromatic rings. The number of hydrogen-bond donors (Lipinski definition) is 12. The van der Waals surface area contributed by atoms with E-state index in [9.17, 15) is 61.0 Å². The number of nitrogens with one attached hydrogen (secondary N) is 1. The fourth-order valence-corrected chi connectivity index (χ4v) is 13.1. The molecule has 594 valence electrons. The van der Waals surface area contributed by atoms with Crippen molar-refractivity contribution in [2.45, 2.75) is 388 Å². The van der Waals surface area contributed by atoms with Gasteiger partial charge in [-0.25, -0.2) is 0 Å². The number of carbonyl (C=O) groups is 1. The lowest BCUT2D eigenvalue weighted by molar-refractivity contribution is -0.379. The van der Waals surface area contributed by atoms with E-state index in [1.807, 2.05) is 0 Å². The second kappa shape index (κ2) is 63.4. The number of allylic oxidation sites excluding steroid dienone is 18. The number of unbranched alkanes of at least 4 members (excludes halogenated alkanes) is 29. The van der Waals surface area contributed by atoms with E-state index in [2.05, 4.69) is 129 Å². The molecule has 3 rings (SSSR count). The van der Waals surface area contributed by atoms with Crippen molar-refractivity contribution in [3.8, 4) is 0 Å². The van der Waals surface area contributed by atoms with Crippen LogP contribution in [0.3, 0.4) is 0 Å². The maximum absolute atomic E-state index is 13.5. The first-order valence-electron chi connectivity index (χ1n) is 40.6. The van der Waals surface area contributed by atoms with Crippen LogP contribution < -0.4 is 5.32 Å². The van der Waals surface area contributed by atoms with E-state index < -0.39 is 124 Å². The third kappa shape index (κ3) is 43.3. The zero-order valence-electron chi connectivity index (χ0n) is 63.5. The van der Waals surface area contributed by atoms with Crippen LogP contribution in [0, 0.1) is 0 Å². The fraction of sp³-hybridized carbons (Fsp3) is 0.774. The van der Waals surface area contributed by atoms with Gasteiger partial charge in [0.1, 0.15) is 73.2 Å². The van der Waals surface area contributed by atoms with Gasteiger partial charge in [0.15, 0.2) is 18.9 Å². The number of aliphatic hydroxyl groups excluding tert-OH is 11. The van der Waals surface area contributed by atoms with Gasteiger partial charge in [0, 0.05) is 6.42 Å². The Hall–Kier alpha value is -3.55. The van der Waals surface area contributed by atoms with Crippen molar-refractivity contribution in [3.63, 3.8) is 0 Å². The molecule has 0 aromatic carbocycles. The Morgan fingerprint density at radius 2 is 0.670 bits per heavy atom. The summed E-state index contributed by atoms with van der Waals surface area (Å²) in [6.45, 7) is 1.68. The number of hydrogen-bond acceptors (Lipinski definition) is 18. The molecule has 3 saturated heterocycles. The van der Waals surface area contributed by atoms with Gasteiger partial charge in [0.2, 0.25) is 5.91 Å². The van der Waals surface area contributed by atoms with Crippen LogP contribution in [-0.2, 0) is 33.2 Å². The maximum Gasteiger partial charge on any atom is 0.220 e. The summed E-state index contributed by atoms with van der Waals surface area (Å²) in [7, 11) is 0. The molecule has 17 unspecified atom stereocenters. The highest BCUT2D eigenvalue weighted by molar-refractivity contribution is 5.76. The maximum atomic E-state index is 13.5. The van der Waals surface area contributed by atoms with Crippen molar-refractivity contribution in [2.24, 2.45) is 0 Å². The van der Waals surface area contributed by atoms with Gasteiger partial charge in [-0.1, -0.05) is 303 Å². The third-order valence-corrected chi connectivity index (χ3v) is 19.6. The summed E-state index contributed by atoms with van der Waals surface area (Å²) in [4.78, 5) is 13.5. The topological polar surface area (TPSA) is 307 Å². The van der Waals surface area contributed by atoms with E-state index in [4.69, 9.17) is 28.4 Å². The van der Waals surface area contributed by atoms with Gasteiger partial charge >= 0.3 is 0 Å². The molecule has 0 aliphatic carbocycles. The first kappa shape index (κ1) is 93.7. The van der Waals surface area contributed by atoms with Crippen LogP contribution in [0.25, 0.3) is 0 Å². The average Bonchev–Trinajstić information content (AvgIpc) is 0.781. The summed E-state index contributed by atoms with van der Waals surface area (Å²) < 4.78 is 34.5. The lowest BCUT2D eigenvalue weighted by Crippen LogP contribution is -2.66. The first-order chi connectivity index (χ1) is 50.3. The second-order valence-electron chi connectivity index (χ2n) is 28.5. The van der Waals surface area contributed by atoms with Gasteiger partial charge in [0.25, 0.3) is 0 Å².